The molecule has 1 aromatic heterocycles. The first-order chi connectivity index (χ1) is 8.88. The molecule has 1 N–H and O–H groups in total. The van der Waals surface area contributed by atoms with Crippen LogP contribution < -0.4 is 0 Å². The Balaban J connectivity index is 2.28. The third-order valence-corrected chi connectivity index (χ3v) is 4.10. The summed E-state index contributed by atoms with van der Waals surface area (Å²) >= 11 is 0. The molecule has 0 saturated heterocycles. The summed E-state index contributed by atoms with van der Waals surface area (Å²) in [5.74, 6) is -1.68. The van der Waals surface area contributed by atoms with Gasteiger partial charge in [0.1, 0.15) is 5.75 Å². The molecule has 0 saturated carbocycles. The minimum absolute atomic E-state index is 0.00101. The molecule has 0 radical (unpaired) electrons. The van der Waals surface area contributed by atoms with E-state index < -0.39 is 21.6 Å². The van der Waals surface area contributed by atoms with Gasteiger partial charge >= 0.3 is 5.97 Å². The van der Waals surface area contributed by atoms with Crippen molar-refractivity contribution in [3.05, 3.63) is 47.3 Å². The molecule has 0 amide bonds. The smallest absolute Gasteiger partial charge is 0.358 e. The van der Waals surface area contributed by atoms with E-state index in [9.17, 15) is 13.2 Å². The highest BCUT2D eigenvalue weighted by Gasteiger charge is 2.20. The molecule has 0 aliphatic carbocycles. The van der Waals surface area contributed by atoms with Crippen molar-refractivity contribution in [3.63, 3.8) is 0 Å². The van der Waals surface area contributed by atoms with Crippen molar-refractivity contribution < 1.29 is 22.8 Å². The van der Waals surface area contributed by atoms with Gasteiger partial charge in [-0.1, -0.05) is 17.3 Å². The van der Waals surface area contributed by atoms with E-state index in [0.29, 0.717) is 0 Å². The quantitative estimate of drug-likeness (QED) is 0.915. The fraction of sp³-hybridized carbons (Fsp3) is 0.167. The molecular weight excluding hydrogens is 270 g/mol. The summed E-state index contributed by atoms with van der Waals surface area (Å²) in [4.78, 5) is 10.8. The zero-order chi connectivity index (χ0) is 14.0. The first kappa shape index (κ1) is 13.3. The lowest BCUT2D eigenvalue weighted by Crippen LogP contribution is -2.04. The maximum Gasteiger partial charge on any atom is 0.358 e. The lowest BCUT2D eigenvalue weighted by molar-refractivity contribution is 0.0685. The van der Waals surface area contributed by atoms with E-state index in [4.69, 9.17) is 9.63 Å². The molecule has 1 aromatic carbocycles. The molecule has 0 atom stereocenters. The second-order valence-corrected chi connectivity index (χ2v) is 6.05. The van der Waals surface area contributed by atoms with Crippen LogP contribution in [0.3, 0.4) is 0 Å². The van der Waals surface area contributed by atoms with Gasteiger partial charge in [-0.15, -0.1) is 0 Å². The number of aromatic nitrogens is 1. The SMILES string of the molecule is Cc1cccc(S(=O)(=O)Cc2cc(C(=O)O)no2)c1. The summed E-state index contributed by atoms with van der Waals surface area (Å²) < 4.78 is 28.9. The molecule has 0 fully saturated rings. The van der Waals surface area contributed by atoms with E-state index in [-0.39, 0.29) is 16.3 Å². The maximum absolute atomic E-state index is 12.1. The highest BCUT2D eigenvalue weighted by atomic mass is 32.2. The van der Waals surface area contributed by atoms with Crippen LogP contribution in [-0.2, 0) is 15.6 Å². The van der Waals surface area contributed by atoms with Gasteiger partial charge in [0, 0.05) is 6.07 Å². The summed E-state index contributed by atoms with van der Waals surface area (Å²) in [5.41, 5.74) is 0.513. The normalized spacial score (nSPS) is 11.4. The van der Waals surface area contributed by atoms with Crippen LogP contribution in [0.25, 0.3) is 0 Å². The van der Waals surface area contributed by atoms with Gasteiger partial charge in [0.25, 0.3) is 0 Å². The number of carbonyl (C=O) groups is 1. The van der Waals surface area contributed by atoms with Crippen molar-refractivity contribution in [2.45, 2.75) is 17.6 Å². The second kappa shape index (κ2) is 4.85. The predicted molar refractivity (Wildman–Crippen MR) is 65.5 cm³/mol. The Hall–Kier alpha value is -2.15. The molecule has 0 bridgehead atoms. The van der Waals surface area contributed by atoms with E-state index in [2.05, 4.69) is 5.16 Å². The molecule has 19 heavy (non-hydrogen) atoms. The largest absolute Gasteiger partial charge is 0.476 e. The van der Waals surface area contributed by atoms with Crippen molar-refractivity contribution in [1.29, 1.82) is 0 Å². The third kappa shape index (κ3) is 3.00. The third-order valence-electron chi connectivity index (χ3n) is 2.46. The number of carboxylic acids is 1. The lowest BCUT2D eigenvalue weighted by atomic mass is 10.2. The Labute approximate surface area is 109 Å². The summed E-state index contributed by atoms with van der Waals surface area (Å²) in [7, 11) is -3.57. The van der Waals surface area contributed by atoms with Gasteiger partial charge in [-0.25, -0.2) is 13.2 Å². The van der Waals surface area contributed by atoms with E-state index in [1.807, 2.05) is 0 Å². The number of benzene rings is 1. The molecule has 100 valence electrons. The number of aromatic carboxylic acids is 1. The molecule has 2 aromatic rings. The highest BCUT2D eigenvalue weighted by Crippen LogP contribution is 2.18. The average molecular weight is 281 g/mol. The van der Waals surface area contributed by atoms with Crippen molar-refractivity contribution >= 4 is 15.8 Å². The standard InChI is InChI=1S/C12H11NO5S/c1-8-3-2-4-10(5-8)19(16,17)7-9-6-11(12(14)15)13-18-9/h2-6H,7H2,1H3,(H,14,15). The van der Waals surface area contributed by atoms with Gasteiger partial charge in [-0.05, 0) is 24.6 Å². The summed E-state index contributed by atoms with van der Waals surface area (Å²) in [6.07, 6.45) is 0. The Kier molecular flexibility index (Phi) is 3.39. The molecule has 7 heteroatoms. The Morgan fingerprint density at radius 1 is 1.37 bits per heavy atom. The molecule has 0 aliphatic heterocycles. The number of hydrogen-bond donors (Lipinski definition) is 1. The van der Waals surface area contributed by atoms with E-state index in [1.165, 1.54) is 6.07 Å². The lowest BCUT2D eigenvalue weighted by Gasteiger charge is -2.02. The number of aryl methyl sites for hydroxylation is 1. The van der Waals surface area contributed by atoms with Gasteiger partial charge in [-0.3, -0.25) is 0 Å². The first-order valence-corrected chi connectivity index (χ1v) is 7.02. The number of hydrogen-bond acceptors (Lipinski definition) is 5. The maximum atomic E-state index is 12.1. The van der Waals surface area contributed by atoms with Gasteiger partial charge in [-0.2, -0.15) is 0 Å². The van der Waals surface area contributed by atoms with Gasteiger partial charge < -0.3 is 9.63 Å². The number of carboxylic acid groups (broad SMARTS) is 1. The molecule has 6 nitrogen and oxygen atoms in total. The van der Waals surface area contributed by atoms with Crippen LogP contribution in [0.15, 0.2) is 39.8 Å². The monoisotopic (exact) mass is 281 g/mol. The van der Waals surface area contributed by atoms with Crippen molar-refractivity contribution in [2.24, 2.45) is 0 Å². The highest BCUT2D eigenvalue weighted by molar-refractivity contribution is 7.90. The van der Waals surface area contributed by atoms with Gasteiger partial charge in [0.05, 0.1) is 4.90 Å². The zero-order valence-corrected chi connectivity index (χ0v) is 10.8. The minimum atomic E-state index is -3.57. The van der Waals surface area contributed by atoms with Crippen LogP contribution in [0.2, 0.25) is 0 Å². The number of nitrogens with zero attached hydrogens (tertiary/aromatic N) is 1. The Morgan fingerprint density at radius 3 is 2.68 bits per heavy atom. The van der Waals surface area contributed by atoms with E-state index in [0.717, 1.165) is 11.6 Å². The summed E-state index contributed by atoms with van der Waals surface area (Å²) in [6.45, 7) is 1.79. The van der Waals surface area contributed by atoms with Crippen molar-refractivity contribution in [1.82, 2.24) is 5.16 Å². The first-order valence-electron chi connectivity index (χ1n) is 5.37. The van der Waals surface area contributed by atoms with Crippen LogP contribution in [0.5, 0.6) is 0 Å². The van der Waals surface area contributed by atoms with Crippen molar-refractivity contribution in [2.75, 3.05) is 0 Å². The van der Waals surface area contributed by atoms with Gasteiger partial charge in [0.2, 0.25) is 0 Å². The second-order valence-electron chi connectivity index (χ2n) is 4.06. The molecule has 0 aliphatic rings. The van der Waals surface area contributed by atoms with Crippen LogP contribution in [0.4, 0.5) is 0 Å². The molecule has 1 heterocycles. The predicted octanol–water partition coefficient (Wildman–Crippen LogP) is 1.66. The molecule has 0 spiro atoms. The van der Waals surface area contributed by atoms with E-state index in [1.54, 1.807) is 25.1 Å². The average Bonchev–Trinajstić information content (AvgIpc) is 2.77. The van der Waals surface area contributed by atoms with Crippen molar-refractivity contribution in [3.8, 4) is 0 Å². The van der Waals surface area contributed by atoms with Crippen LogP contribution in [0, 0.1) is 6.92 Å². The topological polar surface area (TPSA) is 97.5 Å². The van der Waals surface area contributed by atoms with Crippen LogP contribution >= 0.6 is 0 Å². The van der Waals surface area contributed by atoms with Gasteiger partial charge in [0.15, 0.2) is 21.3 Å². The molecular formula is C12H11NO5S. The van der Waals surface area contributed by atoms with Crippen LogP contribution in [0.1, 0.15) is 21.8 Å². The van der Waals surface area contributed by atoms with Crippen LogP contribution in [-0.4, -0.2) is 24.7 Å². The Morgan fingerprint density at radius 2 is 2.11 bits per heavy atom. The Bertz CT molecular complexity index is 717. The summed E-state index contributed by atoms with van der Waals surface area (Å²) in [6, 6.07) is 7.57. The zero-order valence-electron chi connectivity index (χ0n) is 10.0. The van der Waals surface area contributed by atoms with E-state index >= 15 is 0 Å². The fourth-order valence-electron chi connectivity index (χ4n) is 1.56. The summed E-state index contributed by atoms with van der Waals surface area (Å²) in [5, 5.41) is 12.0. The molecule has 0 unspecified atom stereocenters. The molecule has 2 rings (SSSR count). The fourth-order valence-corrected chi connectivity index (χ4v) is 2.89. The minimum Gasteiger partial charge on any atom is -0.476 e. The number of sulfone groups is 1. The number of rotatable bonds is 4.